The number of carbonyl (C=O) groups excluding carboxylic acids is 1. The fourth-order valence-corrected chi connectivity index (χ4v) is 5.25. The largest absolute Gasteiger partial charge is 0.295 e. The molecule has 2 nitrogen and oxygen atoms in total. The molecule has 0 radical (unpaired) electrons. The standard InChI is InChI=1S/C21H20Br2O2S/c1-21(15-7-8-19(22)20(23)14-15)11-9-17(24)13-16(21)10-12-26(25)18-5-3-2-4-6-18/h2-9,11,14,16H,10,12-13H2,1H3/t16-,21+,26?/m0/s1. The van der Waals surface area contributed by atoms with E-state index in [1.807, 2.05) is 42.5 Å². The molecule has 5 heteroatoms. The second kappa shape index (κ2) is 8.32. The Morgan fingerprint density at radius 3 is 2.54 bits per heavy atom. The average Bonchev–Trinajstić information content (AvgIpc) is 2.65. The van der Waals surface area contributed by atoms with E-state index >= 15 is 0 Å². The molecule has 0 aromatic heterocycles. The van der Waals surface area contributed by atoms with Gasteiger partial charge >= 0.3 is 0 Å². The van der Waals surface area contributed by atoms with Crippen molar-refractivity contribution < 1.29 is 9.00 Å². The number of rotatable bonds is 5. The van der Waals surface area contributed by atoms with Crippen LogP contribution in [0.3, 0.4) is 0 Å². The van der Waals surface area contributed by atoms with E-state index in [1.54, 1.807) is 6.08 Å². The van der Waals surface area contributed by atoms with Crippen molar-refractivity contribution in [3.05, 3.63) is 75.2 Å². The summed E-state index contributed by atoms with van der Waals surface area (Å²) in [5, 5.41) is 0. The molecule has 0 saturated heterocycles. The van der Waals surface area contributed by atoms with Crippen molar-refractivity contribution >= 4 is 48.4 Å². The minimum absolute atomic E-state index is 0.126. The molecule has 0 fully saturated rings. The van der Waals surface area contributed by atoms with E-state index in [0.29, 0.717) is 12.2 Å². The van der Waals surface area contributed by atoms with Gasteiger partial charge in [-0.2, -0.15) is 0 Å². The van der Waals surface area contributed by atoms with Crippen molar-refractivity contribution in [3.63, 3.8) is 0 Å². The van der Waals surface area contributed by atoms with Crippen molar-refractivity contribution in [1.29, 1.82) is 0 Å². The molecule has 0 heterocycles. The number of hydrogen-bond donors (Lipinski definition) is 0. The van der Waals surface area contributed by atoms with Gasteiger partial charge in [-0.25, -0.2) is 0 Å². The van der Waals surface area contributed by atoms with Crippen LogP contribution in [0.2, 0.25) is 0 Å². The van der Waals surface area contributed by atoms with E-state index in [4.69, 9.17) is 0 Å². The lowest BCUT2D eigenvalue weighted by Crippen LogP contribution is -2.35. The van der Waals surface area contributed by atoms with Gasteiger partial charge in [0.2, 0.25) is 0 Å². The first-order chi connectivity index (χ1) is 12.4. The second-order valence-electron chi connectivity index (χ2n) is 6.76. The summed E-state index contributed by atoms with van der Waals surface area (Å²) in [5.74, 6) is 0.832. The summed E-state index contributed by atoms with van der Waals surface area (Å²) in [6.07, 6.45) is 4.94. The van der Waals surface area contributed by atoms with Crippen LogP contribution in [-0.4, -0.2) is 15.7 Å². The second-order valence-corrected chi connectivity index (χ2v) is 10.0. The third kappa shape index (κ3) is 4.26. The van der Waals surface area contributed by atoms with Gasteiger partial charge in [-0.1, -0.05) is 37.3 Å². The van der Waals surface area contributed by atoms with Crippen LogP contribution in [0, 0.1) is 5.92 Å². The normalized spacial score (nSPS) is 23.8. The first-order valence-electron chi connectivity index (χ1n) is 8.51. The van der Waals surface area contributed by atoms with Crippen molar-refractivity contribution in [2.75, 3.05) is 5.75 Å². The summed E-state index contributed by atoms with van der Waals surface area (Å²) >= 11 is 7.09. The van der Waals surface area contributed by atoms with Crippen LogP contribution in [0.1, 0.15) is 25.3 Å². The third-order valence-electron chi connectivity index (χ3n) is 5.11. The third-order valence-corrected chi connectivity index (χ3v) is 8.39. The van der Waals surface area contributed by atoms with E-state index < -0.39 is 10.8 Å². The lowest BCUT2D eigenvalue weighted by molar-refractivity contribution is -0.116. The van der Waals surface area contributed by atoms with Crippen LogP contribution < -0.4 is 0 Å². The van der Waals surface area contributed by atoms with Gasteiger partial charge in [0.1, 0.15) is 0 Å². The Balaban J connectivity index is 1.83. The fourth-order valence-electron chi connectivity index (χ4n) is 3.43. The quantitative estimate of drug-likeness (QED) is 0.524. The van der Waals surface area contributed by atoms with Gasteiger partial charge < -0.3 is 0 Å². The van der Waals surface area contributed by atoms with Gasteiger partial charge in [0, 0.05) is 31.4 Å². The number of benzene rings is 2. The Labute approximate surface area is 173 Å². The van der Waals surface area contributed by atoms with Gasteiger partial charge in [0.25, 0.3) is 0 Å². The van der Waals surface area contributed by atoms with Gasteiger partial charge in [-0.15, -0.1) is 0 Å². The molecule has 1 aliphatic rings. The molecule has 2 aromatic rings. The first-order valence-corrected chi connectivity index (χ1v) is 11.4. The molecule has 26 heavy (non-hydrogen) atoms. The summed E-state index contributed by atoms with van der Waals surface area (Å²) in [4.78, 5) is 12.9. The molecule has 0 amide bonds. The summed E-state index contributed by atoms with van der Waals surface area (Å²) in [6, 6.07) is 15.7. The Kier molecular flexibility index (Phi) is 6.31. The smallest absolute Gasteiger partial charge is 0.155 e. The maximum atomic E-state index is 12.6. The van der Waals surface area contributed by atoms with Gasteiger partial charge in [-0.05, 0) is 80.1 Å². The fraction of sp³-hybridized carbons (Fsp3) is 0.286. The van der Waals surface area contributed by atoms with Gasteiger partial charge in [-0.3, -0.25) is 9.00 Å². The zero-order valence-electron chi connectivity index (χ0n) is 14.5. The number of allylic oxidation sites excluding steroid dienone is 2. The highest BCUT2D eigenvalue weighted by Gasteiger charge is 2.37. The highest BCUT2D eigenvalue weighted by Crippen LogP contribution is 2.42. The minimum Gasteiger partial charge on any atom is -0.295 e. The highest BCUT2D eigenvalue weighted by molar-refractivity contribution is 9.13. The zero-order valence-corrected chi connectivity index (χ0v) is 18.4. The van der Waals surface area contributed by atoms with Crippen LogP contribution in [0.4, 0.5) is 0 Å². The summed E-state index contributed by atoms with van der Waals surface area (Å²) in [6.45, 7) is 2.17. The molecule has 0 saturated carbocycles. The van der Waals surface area contributed by atoms with Crippen LogP contribution in [-0.2, 0) is 21.0 Å². The van der Waals surface area contributed by atoms with Crippen LogP contribution >= 0.6 is 31.9 Å². The predicted octanol–water partition coefficient (Wildman–Crippen LogP) is 5.81. The molecule has 3 atom stereocenters. The Hall–Kier alpha value is -1.04. The van der Waals surface area contributed by atoms with E-state index in [1.165, 1.54) is 0 Å². The summed E-state index contributed by atoms with van der Waals surface area (Å²) in [5.41, 5.74) is 0.907. The average molecular weight is 496 g/mol. The summed E-state index contributed by atoms with van der Waals surface area (Å²) < 4.78 is 14.6. The number of halogens is 2. The number of carbonyl (C=O) groups is 1. The molecule has 2 aromatic carbocycles. The molecular formula is C21H20Br2O2S. The monoisotopic (exact) mass is 494 g/mol. The first kappa shape index (κ1) is 19.7. The van der Waals surface area contributed by atoms with Crippen molar-refractivity contribution in [2.45, 2.75) is 30.1 Å². The maximum absolute atomic E-state index is 12.6. The van der Waals surface area contributed by atoms with E-state index in [9.17, 15) is 9.00 Å². The number of hydrogen-bond acceptors (Lipinski definition) is 2. The van der Waals surface area contributed by atoms with E-state index in [-0.39, 0.29) is 17.1 Å². The minimum atomic E-state index is -1.05. The summed E-state index contributed by atoms with van der Waals surface area (Å²) in [7, 11) is -1.05. The van der Waals surface area contributed by atoms with E-state index in [2.05, 4.69) is 50.9 Å². The molecule has 1 aliphatic carbocycles. The molecule has 0 N–H and O–H groups in total. The Morgan fingerprint density at radius 2 is 1.85 bits per heavy atom. The van der Waals surface area contributed by atoms with Crippen molar-refractivity contribution in [3.8, 4) is 0 Å². The van der Waals surface area contributed by atoms with Gasteiger partial charge in [0.05, 0.1) is 10.8 Å². The number of ketones is 1. The maximum Gasteiger partial charge on any atom is 0.155 e. The van der Waals surface area contributed by atoms with Crippen LogP contribution in [0.5, 0.6) is 0 Å². The molecular weight excluding hydrogens is 476 g/mol. The molecule has 136 valence electrons. The van der Waals surface area contributed by atoms with Gasteiger partial charge in [0.15, 0.2) is 5.78 Å². The van der Waals surface area contributed by atoms with Crippen molar-refractivity contribution in [1.82, 2.24) is 0 Å². The lowest BCUT2D eigenvalue weighted by atomic mass is 9.66. The van der Waals surface area contributed by atoms with E-state index in [0.717, 1.165) is 25.8 Å². The molecule has 0 spiro atoms. The predicted molar refractivity (Wildman–Crippen MR) is 114 cm³/mol. The highest BCUT2D eigenvalue weighted by atomic mass is 79.9. The van der Waals surface area contributed by atoms with Crippen molar-refractivity contribution in [2.24, 2.45) is 5.92 Å². The lowest BCUT2D eigenvalue weighted by Gasteiger charge is -2.38. The molecule has 1 unspecified atom stereocenters. The van der Waals surface area contributed by atoms with Crippen LogP contribution in [0.15, 0.2) is 74.5 Å². The zero-order chi connectivity index (χ0) is 18.7. The molecule has 0 aliphatic heterocycles. The molecule has 3 rings (SSSR count). The SMILES string of the molecule is C[C@]1(c2ccc(Br)c(Br)c2)C=CC(=O)C[C@@H]1CCS(=O)c1ccccc1. The Morgan fingerprint density at radius 1 is 1.12 bits per heavy atom. The topological polar surface area (TPSA) is 34.1 Å². The molecule has 0 bridgehead atoms. The Bertz CT molecular complexity index is 864. The van der Waals surface area contributed by atoms with Crippen LogP contribution in [0.25, 0.3) is 0 Å².